The van der Waals surface area contributed by atoms with E-state index in [4.69, 9.17) is 19.9 Å². The van der Waals surface area contributed by atoms with E-state index in [1.54, 1.807) is 18.2 Å². The minimum absolute atomic E-state index is 0.240. The molecule has 0 aliphatic carbocycles. The number of anilines is 1. The molecule has 1 aromatic carbocycles. The standard InChI is InChI=1S/C15H23NO4/c1-11(2)6-7-19-8-9-20-15(17)12-4-5-13(16)14(10-12)18-3/h4-5,10-11H,6-9,16H2,1-3H3. The number of hydrogen-bond donors (Lipinski definition) is 1. The van der Waals surface area contributed by atoms with Gasteiger partial charge in [0, 0.05) is 6.61 Å². The smallest absolute Gasteiger partial charge is 0.338 e. The summed E-state index contributed by atoms with van der Waals surface area (Å²) in [6, 6.07) is 4.80. The summed E-state index contributed by atoms with van der Waals surface area (Å²) in [5.41, 5.74) is 6.58. The third-order valence-electron chi connectivity index (χ3n) is 2.77. The maximum absolute atomic E-state index is 11.8. The van der Waals surface area contributed by atoms with E-state index in [2.05, 4.69) is 13.8 Å². The highest BCUT2D eigenvalue weighted by atomic mass is 16.6. The molecule has 0 spiro atoms. The third-order valence-corrected chi connectivity index (χ3v) is 2.77. The van der Waals surface area contributed by atoms with Crippen molar-refractivity contribution in [2.24, 2.45) is 5.92 Å². The fourth-order valence-electron chi connectivity index (χ4n) is 1.54. The van der Waals surface area contributed by atoms with Gasteiger partial charge >= 0.3 is 5.97 Å². The maximum atomic E-state index is 11.8. The van der Waals surface area contributed by atoms with E-state index in [0.717, 1.165) is 6.42 Å². The van der Waals surface area contributed by atoms with Crippen LogP contribution in [0.25, 0.3) is 0 Å². The molecule has 0 heterocycles. The first-order valence-electron chi connectivity index (χ1n) is 6.73. The lowest BCUT2D eigenvalue weighted by molar-refractivity contribution is 0.0303. The van der Waals surface area contributed by atoms with Crippen LogP contribution < -0.4 is 10.5 Å². The third kappa shape index (κ3) is 5.48. The molecule has 0 saturated heterocycles. The lowest BCUT2D eigenvalue weighted by Gasteiger charge is -2.09. The van der Waals surface area contributed by atoms with E-state index >= 15 is 0 Å². The molecule has 1 rings (SSSR count). The average molecular weight is 281 g/mol. The quantitative estimate of drug-likeness (QED) is 0.450. The van der Waals surface area contributed by atoms with Crippen LogP contribution in [-0.4, -0.2) is 32.9 Å². The number of esters is 1. The van der Waals surface area contributed by atoms with Crippen LogP contribution in [0.3, 0.4) is 0 Å². The number of ether oxygens (including phenoxy) is 3. The number of carbonyl (C=O) groups is 1. The second kappa shape index (κ2) is 8.43. The Balaban J connectivity index is 2.32. The molecule has 0 radical (unpaired) electrons. The molecule has 5 heteroatoms. The molecule has 1 aromatic rings. The molecule has 0 aliphatic heterocycles. The number of benzene rings is 1. The SMILES string of the molecule is COc1cc(C(=O)OCCOCCC(C)C)ccc1N. The van der Waals surface area contributed by atoms with E-state index in [1.807, 2.05) is 0 Å². The van der Waals surface area contributed by atoms with E-state index < -0.39 is 5.97 Å². The Kier molecular flexibility index (Phi) is 6.87. The summed E-state index contributed by atoms with van der Waals surface area (Å²) in [6.07, 6.45) is 1.00. The van der Waals surface area contributed by atoms with Gasteiger partial charge in [-0.2, -0.15) is 0 Å². The number of rotatable bonds is 8. The van der Waals surface area contributed by atoms with Crippen LogP contribution in [-0.2, 0) is 9.47 Å². The highest BCUT2D eigenvalue weighted by Crippen LogP contribution is 2.22. The molecule has 0 bridgehead atoms. The van der Waals surface area contributed by atoms with Crippen molar-refractivity contribution in [2.45, 2.75) is 20.3 Å². The number of nitrogen functional groups attached to an aromatic ring is 1. The second-order valence-corrected chi connectivity index (χ2v) is 4.89. The van der Waals surface area contributed by atoms with Crippen molar-refractivity contribution in [3.8, 4) is 5.75 Å². The van der Waals surface area contributed by atoms with Crippen molar-refractivity contribution < 1.29 is 19.0 Å². The molecule has 2 N–H and O–H groups in total. The molecule has 112 valence electrons. The lowest BCUT2D eigenvalue weighted by atomic mass is 10.1. The molecular formula is C15H23NO4. The normalized spacial score (nSPS) is 10.6. The minimum atomic E-state index is -0.407. The van der Waals surface area contributed by atoms with Crippen LogP contribution in [0.5, 0.6) is 5.75 Å². The van der Waals surface area contributed by atoms with Crippen LogP contribution in [0.4, 0.5) is 5.69 Å². The largest absolute Gasteiger partial charge is 0.495 e. The van der Waals surface area contributed by atoms with Crippen molar-refractivity contribution >= 4 is 11.7 Å². The van der Waals surface area contributed by atoms with Gasteiger partial charge in [0.05, 0.1) is 25.0 Å². The minimum Gasteiger partial charge on any atom is -0.495 e. The number of methoxy groups -OCH3 is 1. The Morgan fingerprint density at radius 2 is 2.00 bits per heavy atom. The van der Waals surface area contributed by atoms with Gasteiger partial charge in [-0.1, -0.05) is 13.8 Å². The predicted molar refractivity (Wildman–Crippen MR) is 78.0 cm³/mol. The van der Waals surface area contributed by atoms with Crippen LogP contribution in [0.15, 0.2) is 18.2 Å². The van der Waals surface area contributed by atoms with Crippen molar-refractivity contribution in [2.75, 3.05) is 32.7 Å². The van der Waals surface area contributed by atoms with E-state index in [9.17, 15) is 4.79 Å². The number of nitrogens with two attached hydrogens (primary N) is 1. The fourth-order valence-corrected chi connectivity index (χ4v) is 1.54. The molecule has 0 amide bonds. The van der Waals surface area contributed by atoms with Crippen LogP contribution in [0.1, 0.15) is 30.6 Å². The Morgan fingerprint density at radius 3 is 2.65 bits per heavy atom. The first kappa shape index (κ1) is 16.3. The summed E-state index contributed by atoms with van der Waals surface area (Å²) in [7, 11) is 1.50. The van der Waals surface area contributed by atoms with Gasteiger partial charge < -0.3 is 19.9 Å². The molecule has 0 aromatic heterocycles. The molecule has 5 nitrogen and oxygen atoms in total. The zero-order valence-corrected chi connectivity index (χ0v) is 12.3. The number of carbonyl (C=O) groups excluding carboxylic acids is 1. The molecule has 0 aliphatic rings. The Labute approximate surface area is 120 Å². The van der Waals surface area contributed by atoms with Gasteiger partial charge in [-0.25, -0.2) is 4.79 Å². The topological polar surface area (TPSA) is 70.8 Å². The van der Waals surface area contributed by atoms with Crippen molar-refractivity contribution in [1.29, 1.82) is 0 Å². The summed E-state index contributed by atoms with van der Waals surface area (Å²) in [6.45, 7) is 5.61. The van der Waals surface area contributed by atoms with Gasteiger partial charge in [0.15, 0.2) is 0 Å². The van der Waals surface area contributed by atoms with E-state index in [-0.39, 0.29) is 6.61 Å². The fraction of sp³-hybridized carbons (Fsp3) is 0.533. The highest BCUT2D eigenvalue weighted by molar-refractivity contribution is 5.90. The van der Waals surface area contributed by atoms with Gasteiger partial charge in [-0.3, -0.25) is 0 Å². The molecule has 0 atom stereocenters. The Morgan fingerprint density at radius 1 is 1.25 bits per heavy atom. The van der Waals surface area contributed by atoms with Gasteiger partial charge in [-0.15, -0.1) is 0 Å². The molecule has 0 unspecified atom stereocenters. The van der Waals surface area contributed by atoms with Crippen molar-refractivity contribution in [1.82, 2.24) is 0 Å². The summed E-state index contributed by atoms with van der Waals surface area (Å²) < 4.78 is 15.5. The van der Waals surface area contributed by atoms with Gasteiger partial charge in [0.1, 0.15) is 12.4 Å². The van der Waals surface area contributed by atoms with E-state index in [1.165, 1.54) is 7.11 Å². The van der Waals surface area contributed by atoms with Crippen molar-refractivity contribution in [3.63, 3.8) is 0 Å². The monoisotopic (exact) mass is 281 g/mol. The summed E-state index contributed by atoms with van der Waals surface area (Å²) >= 11 is 0. The zero-order valence-electron chi connectivity index (χ0n) is 12.3. The second-order valence-electron chi connectivity index (χ2n) is 4.89. The van der Waals surface area contributed by atoms with Crippen molar-refractivity contribution in [3.05, 3.63) is 23.8 Å². The number of hydrogen-bond acceptors (Lipinski definition) is 5. The maximum Gasteiger partial charge on any atom is 0.338 e. The zero-order chi connectivity index (χ0) is 15.0. The Hall–Kier alpha value is -1.75. The van der Waals surface area contributed by atoms with Crippen LogP contribution >= 0.6 is 0 Å². The molecule has 0 fully saturated rings. The summed E-state index contributed by atoms with van der Waals surface area (Å²) in [4.78, 5) is 11.8. The first-order chi connectivity index (χ1) is 9.54. The van der Waals surface area contributed by atoms with Crippen LogP contribution in [0, 0.1) is 5.92 Å². The molecular weight excluding hydrogens is 258 g/mol. The molecule has 20 heavy (non-hydrogen) atoms. The predicted octanol–water partition coefficient (Wildman–Crippen LogP) is 2.50. The lowest BCUT2D eigenvalue weighted by Crippen LogP contribution is -2.12. The van der Waals surface area contributed by atoms with Gasteiger partial charge in [-0.05, 0) is 30.5 Å². The van der Waals surface area contributed by atoms with E-state index in [0.29, 0.717) is 36.1 Å². The van der Waals surface area contributed by atoms with Gasteiger partial charge in [0.2, 0.25) is 0 Å². The Bertz CT molecular complexity index is 432. The van der Waals surface area contributed by atoms with Crippen LogP contribution in [0.2, 0.25) is 0 Å². The summed E-state index contributed by atoms with van der Waals surface area (Å²) in [5.74, 6) is 0.670. The highest BCUT2D eigenvalue weighted by Gasteiger charge is 2.10. The first-order valence-corrected chi connectivity index (χ1v) is 6.73. The molecule has 0 saturated carbocycles. The summed E-state index contributed by atoms with van der Waals surface area (Å²) in [5, 5.41) is 0. The average Bonchev–Trinajstić information content (AvgIpc) is 2.42. The van der Waals surface area contributed by atoms with Gasteiger partial charge in [0.25, 0.3) is 0 Å².